The normalized spacial score (nSPS) is 18.7. The van der Waals surface area contributed by atoms with Crippen molar-refractivity contribution in [2.24, 2.45) is 5.92 Å². The molecule has 1 aromatic rings. The van der Waals surface area contributed by atoms with Crippen LogP contribution in [0.5, 0.6) is 0 Å². The average Bonchev–Trinajstić information content (AvgIpc) is 2.99. The molecule has 0 spiro atoms. The molecular weight excluding hydrogens is 262 g/mol. The third-order valence-corrected chi connectivity index (χ3v) is 3.85. The van der Waals surface area contributed by atoms with Crippen LogP contribution in [0.25, 0.3) is 0 Å². The van der Waals surface area contributed by atoms with E-state index in [2.05, 4.69) is 29.6 Å². The van der Waals surface area contributed by atoms with Crippen LogP contribution in [0.4, 0.5) is 0 Å². The number of amides is 1. The lowest BCUT2D eigenvalue weighted by Gasteiger charge is -2.08. The second-order valence-electron chi connectivity index (χ2n) is 5.80. The predicted octanol–water partition coefficient (Wildman–Crippen LogP) is 3.11. The molecule has 2 rings (SSSR count). The van der Waals surface area contributed by atoms with Gasteiger partial charge in [0.05, 0.1) is 6.61 Å². The Labute approximate surface area is 127 Å². The van der Waals surface area contributed by atoms with Crippen molar-refractivity contribution >= 4 is 5.91 Å². The third-order valence-electron chi connectivity index (χ3n) is 3.85. The molecule has 114 valence electrons. The largest absolute Gasteiger partial charge is 0.381 e. The van der Waals surface area contributed by atoms with Crippen molar-refractivity contribution in [2.75, 3.05) is 19.8 Å². The summed E-state index contributed by atoms with van der Waals surface area (Å²) in [6.45, 7) is 4.37. The Morgan fingerprint density at radius 1 is 1.38 bits per heavy atom. The summed E-state index contributed by atoms with van der Waals surface area (Å²) in [5.74, 6) is 0.514. The Bertz CT molecular complexity index is 461. The molecule has 1 unspecified atom stereocenters. The molecule has 1 fully saturated rings. The van der Waals surface area contributed by atoms with Gasteiger partial charge in [0.15, 0.2) is 0 Å². The number of carbonyl (C=O) groups excluding carboxylic acids is 1. The highest BCUT2D eigenvalue weighted by Gasteiger charge is 2.15. The SMILES string of the molecule is C/C(=C\C(=O)NCC1CCOC1)CCCc1ccccc1. The molecule has 1 atom stereocenters. The van der Waals surface area contributed by atoms with Gasteiger partial charge in [0, 0.05) is 25.1 Å². The molecule has 0 aromatic heterocycles. The first-order chi connectivity index (χ1) is 10.2. The molecule has 3 nitrogen and oxygen atoms in total. The van der Waals surface area contributed by atoms with Crippen molar-refractivity contribution in [3.05, 3.63) is 47.5 Å². The summed E-state index contributed by atoms with van der Waals surface area (Å²) in [7, 11) is 0. The number of allylic oxidation sites excluding steroid dienone is 1. The number of aryl methyl sites for hydroxylation is 1. The molecular formula is C18H25NO2. The first-order valence-corrected chi connectivity index (χ1v) is 7.80. The van der Waals surface area contributed by atoms with E-state index in [0.29, 0.717) is 5.92 Å². The average molecular weight is 287 g/mol. The lowest BCUT2D eigenvalue weighted by atomic mass is 10.0. The molecule has 0 radical (unpaired) electrons. The summed E-state index contributed by atoms with van der Waals surface area (Å²) < 4.78 is 5.30. The van der Waals surface area contributed by atoms with Gasteiger partial charge in [-0.25, -0.2) is 0 Å². The van der Waals surface area contributed by atoms with E-state index in [1.165, 1.54) is 5.56 Å². The molecule has 0 saturated carbocycles. The Hall–Kier alpha value is -1.61. The van der Waals surface area contributed by atoms with Crippen LogP contribution in [0.2, 0.25) is 0 Å². The standard InChI is InChI=1S/C18H25NO2/c1-15(6-5-9-16-7-3-2-4-8-16)12-18(20)19-13-17-10-11-21-14-17/h2-4,7-8,12,17H,5-6,9-11,13-14H2,1H3,(H,19,20)/b15-12+. The van der Waals surface area contributed by atoms with E-state index in [-0.39, 0.29) is 5.91 Å². The number of ether oxygens (including phenoxy) is 1. The fraction of sp³-hybridized carbons (Fsp3) is 0.500. The lowest BCUT2D eigenvalue weighted by Crippen LogP contribution is -2.28. The monoisotopic (exact) mass is 287 g/mol. The number of hydrogen-bond donors (Lipinski definition) is 1. The van der Waals surface area contributed by atoms with Gasteiger partial charge < -0.3 is 10.1 Å². The molecule has 3 heteroatoms. The fourth-order valence-electron chi connectivity index (χ4n) is 2.55. The van der Waals surface area contributed by atoms with E-state index < -0.39 is 0 Å². The number of carbonyl (C=O) groups is 1. The van der Waals surface area contributed by atoms with Crippen LogP contribution in [0.1, 0.15) is 31.7 Å². The first kappa shape index (κ1) is 15.8. The van der Waals surface area contributed by atoms with Crippen LogP contribution < -0.4 is 5.32 Å². The number of benzene rings is 1. The van der Waals surface area contributed by atoms with Crippen molar-refractivity contribution in [3.8, 4) is 0 Å². The van der Waals surface area contributed by atoms with Gasteiger partial charge in [0.2, 0.25) is 5.91 Å². The minimum atomic E-state index is 0.0270. The summed E-state index contributed by atoms with van der Waals surface area (Å²) in [4.78, 5) is 11.8. The second-order valence-corrected chi connectivity index (χ2v) is 5.80. The zero-order valence-electron chi connectivity index (χ0n) is 12.8. The van der Waals surface area contributed by atoms with Crippen LogP contribution in [-0.4, -0.2) is 25.7 Å². The van der Waals surface area contributed by atoms with Gasteiger partial charge in [-0.1, -0.05) is 35.9 Å². The summed E-state index contributed by atoms with van der Waals surface area (Å²) in [5.41, 5.74) is 2.50. The summed E-state index contributed by atoms with van der Waals surface area (Å²) in [6.07, 6.45) is 5.90. The molecule has 0 aliphatic carbocycles. The van der Waals surface area contributed by atoms with Crippen LogP contribution >= 0.6 is 0 Å². The highest BCUT2D eigenvalue weighted by atomic mass is 16.5. The Morgan fingerprint density at radius 3 is 2.90 bits per heavy atom. The molecule has 1 aliphatic rings. The van der Waals surface area contributed by atoms with Crippen molar-refractivity contribution in [2.45, 2.75) is 32.6 Å². The van der Waals surface area contributed by atoms with Crippen LogP contribution in [0.3, 0.4) is 0 Å². The first-order valence-electron chi connectivity index (χ1n) is 7.80. The second kappa shape index (κ2) is 8.63. The molecule has 1 aliphatic heterocycles. The van der Waals surface area contributed by atoms with Gasteiger partial charge in [-0.15, -0.1) is 0 Å². The van der Waals surface area contributed by atoms with Crippen molar-refractivity contribution in [1.82, 2.24) is 5.32 Å². The van der Waals surface area contributed by atoms with Crippen LogP contribution in [0, 0.1) is 5.92 Å². The van der Waals surface area contributed by atoms with E-state index >= 15 is 0 Å². The van der Waals surface area contributed by atoms with Crippen LogP contribution in [-0.2, 0) is 16.0 Å². The minimum absolute atomic E-state index is 0.0270. The number of rotatable bonds is 7. The Morgan fingerprint density at radius 2 is 2.19 bits per heavy atom. The maximum Gasteiger partial charge on any atom is 0.243 e. The summed E-state index contributed by atoms with van der Waals surface area (Å²) in [6, 6.07) is 10.5. The van der Waals surface area contributed by atoms with E-state index in [9.17, 15) is 4.79 Å². The van der Waals surface area contributed by atoms with Crippen molar-refractivity contribution in [3.63, 3.8) is 0 Å². The predicted molar refractivity (Wildman–Crippen MR) is 85.1 cm³/mol. The smallest absolute Gasteiger partial charge is 0.243 e. The molecule has 0 bridgehead atoms. The fourth-order valence-corrected chi connectivity index (χ4v) is 2.55. The molecule has 21 heavy (non-hydrogen) atoms. The van der Waals surface area contributed by atoms with Gasteiger partial charge in [0.1, 0.15) is 0 Å². The van der Waals surface area contributed by atoms with Crippen molar-refractivity contribution < 1.29 is 9.53 Å². The topological polar surface area (TPSA) is 38.3 Å². The third kappa shape index (κ3) is 6.13. The zero-order valence-corrected chi connectivity index (χ0v) is 12.8. The maximum absolute atomic E-state index is 11.8. The van der Waals surface area contributed by atoms with Gasteiger partial charge in [-0.3, -0.25) is 4.79 Å². The Kier molecular flexibility index (Phi) is 6.48. The van der Waals surface area contributed by atoms with Gasteiger partial charge in [-0.2, -0.15) is 0 Å². The van der Waals surface area contributed by atoms with Gasteiger partial charge in [-0.05, 0) is 38.2 Å². The minimum Gasteiger partial charge on any atom is -0.381 e. The van der Waals surface area contributed by atoms with E-state index in [1.807, 2.05) is 13.0 Å². The van der Waals surface area contributed by atoms with E-state index in [0.717, 1.165) is 51.0 Å². The summed E-state index contributed by atoms with van der Waals surface area (Å²) in [5, 5.41) is 2.97. The van der Waals surface area contributed by atoms with Crippen LogP contribution in [0.15, 0.2) is 42.0 Å². The molecule has 1 aromatic carbocycles. The number of hydrogen-bond acceptors (Lipinski definition) is 2. The zero-order chi connectivity index (χ0) is 14.9. The molecule has 1 N–H and O–H groups in total. The van der Waals surface area contributed by atoms with Gasteiger partial charge >= 0.3 is 0 Å². The molecule has 1 heterocycles. The molecule has 1 saturated heterocycles. The lowest BCUT2D eigenvalue weighted by molar-refractivity contribution is -0.116. The summed E-state index contributed by atoms with van der Waals surface area (Å²) >= 11 is 0. The Balaban J connectivity index is 1.64. The quantitative estimate of drug-likeness (QED) is 0.783. The number of nitrogens with one attached hydrogen (secondary N) is 1. The van der Waals surface area contributed by atoms with E-state index in [4.69, 9.17) is 4.74 Å². The molecule has 1 amide bonds. The highest BCUT2D eigenvalue weighted by Crippen LogP contribution is 2.11. The van der Waals surface area contributed by atoms with E-state index in [1.54, 1.807) is 6.08 Å². The maximum atomic E-state index is 11.8. The highest BCUT2D eigenvalue weighted by molar-refractivity contribution is 5.88. The van der Waals surface area contributed by atoms with Gasteiger partial charge in [0.25, 0.3) is 0 Å². The van der Waals surface area contributed by atoms with Crippen molar-refractivity contribution in [1.29, 1.82) is 0 Å².